The molecule has 4 heteroatoms. The van der Waals surface area contributed by atoms with Crippen LogP contribution in [0.25, 0.3) is 0 Å². The SMILES string of the molecule is COCCCC(N)C(=O)NC1CCCC1. The fourth-order valence-electron chi connectivity index (χ4n) is 1.96. The zero-order chi connectivity index (χ0) is 11.1. The quantitative estimate of drug-likeness (QED) is 0.643. The van der Waals surface area contributed by atoms with Gasteiger partial charge in [-0.05, 0) is 25.7 Å². The molecular weight excluding hydrogens is 192 g/mol. The summed E-state index contributed by atoms with van der Waals surface area (Å²) in [6.45, 7) is 0.671. The molecule has 88 valence electrons. The lowest BCUT2D eigenvalue weighted by atomic mass is 10.1. The van der Waals surface area contributed by atoms with E-state index in [1.165, 1.54) is 12.8 Å². The molecule has 1 rings (SSSR count). The first kappa shape index (κ1) is 12.5. The number of ether oxygens (including phenoxy) is 1. The number of amides is 1. The van der Waals surface area contributed by atoms with Gasteiger partial charge >= 0.3 is 0 Å². The topological polar surface area (TPSA) is 64.3 Å². The van der Waals surface area contributed by atoms with E-state index in [-0.39, 0.29) is 11.9 Å². The highest BCUT2D eigenvalue weighted by Crippen LogP contribution is 2.17. The molecule has 1 aliphatic carbocycles. The minimum atomic E-state index is -0.374. The van der Waals surface area contributed by atoms with Crippen molar-refractivity contribution in [2.24, 2.45) is 5.73 Å². The van der Waals surface area contributed by atoms with Crippen molar-refractivity contribution in [3.05, 3.63) is 0 Å². The maximum Gasteiger partial charge on any atom is 0.237 e. The number of hydrogen-bond donors (Lipinski definition) is 2. The Balaban J connectivity index is 2.14. The minimum absolute atomic E-state index is 0.00185. The Morgan fingerprint density at radius 2 is 2.20 bits per heavy atom. The fraction of sp³-hybridized carbons (Fsp3) is 0.909. The van der Waals surface area contributed by atoms with E-state index in [0.29, 0.717) is 19.1 Å². The summed E-state index contributed by atoms with van der Waals surface area (Å²) in [5.74, 6) is -0.00185. The van der Waals surface area contributed by atoms with Crippen molar-refractivity contribution >= 4 is 5.91 Å². The van der Waals surface area contributed by atoms with Crippen LogP contribution in [0.15, 0.2) is 0 Å². The smallest absolute Gasteiger partial charge is 0.237 e. The van der Waals surface area contributed by atoms with Crippen molar-refractivity contribution in [1.29, 1.82) is 0 Å². The summed E-state index contributed by atoms with van der Waals surface area (Å²) in [6.07, 6.45) is 6.21. The Labute approximate surface area is 91.5 Å². The molecule has 0 saturated heterocycles. The Morgan fingerprint density at radius 1 is 1.53 bits per heavy atom. The first-order valence-electron chi connectivity index (χ1n) is 5.79. The third kappa shape index (κ3) is 4.62. The molecule has 0 aromatic rings. The average Bonchev–Trinajstić information content (AvgIpc) is 2.70. The van der Waals surface area contributed by atoms with Crippen LogP contribution in [-0.2, 0) is 9.53 Å². The van der Waals surface area contributed by atoms with Gasteiger partial charge in [-0.1, -0.05) is 12.8 Å². The van der Waals surface area contributed by atoms with Gasteiger partial charge in [-0.2, -0.15) is 0 Å². The van der Waals surface area contributed by atoms with Gasteiger partial charge in [0.2, 0.25) is 5.91 Å². The predicted octanol–water partition coefficient (Wildman–Crippen LogP) is 0.799. The van der Waals surface area contributed by atoms with Gasteiger partial charge in [0.05, 0.1) is 6.04 Å². The molecule has 0 aromatic heterocycles. The van der Waals surface area contributed by atoms with Gasteiger partial charge < -0.3 is 15.8 Å². The van der Waals surface area contributed by atoms with E-state index in [0.717, 1.165) is 19.3 Å². The fourth-order valence-corrected chi connectivity index (χ4v) is 1.96. The molecule has 4 nitrogen and oxygen atoms in total. The van der Waals surface area contributed by atoms with Gasteiger partial charge in [0.25, 0.3) is 0 Å². The molecule has 1 fully saturated rings. The van der Waals surface area contributed by atoms with Gasteiger partial charge in [0, 0.05) is 19.8 Å². The van der Waals surface area contributed by atoms with Gasteiger partial charge in [-0.15, -0.1) is 0 Å². The molecule has 1 aliphatic rings. The summed E-state index contributed by atoms with van der Waals surface area (Å²) >= 11 is 0. The number of carbonyl (C=O) groups is 1. The van der Waals surface area contributed by atoms with E-state index < -0.39 is 0 Å². The second-order valence-corrected chi connectivity index (χ2v) is 4.23. The molecule has 1 amide bonds. The summed E-state index contributed by atoms with van der Waals surface area (Å²) in [4.78, 5) is 11.6. The summed E-state index contributed by atoms with van der Waals surface area (Å²) in [7, 11) is 1.66. The molecule has 0 radical (unpaired) electrons. The van der Waals surface area contributed by atoms with Gasteiger partial charge in [0.15, 0.2) is 0 Å². The van der Waals surface area contributed by atoms with Crippen LogP contribution in [0.1, 0.15) is 38.5 Å². The average molecular weight is 214 g/mol. The molecule has 0 heterocycles. The highest BCUT2D eigenvalue weighted by Gasteiger charge is 2.20. The van der Waals surface area contributed by atoms with Crippen molar-refractivity contribution in [2.75, 3.05) is 13.7 Å². The summed E-state index contributed by atoms with van der Waals surface area (Å²) in [5.41, 5.74) is 5.77. The first-order chi connectivity index (χ1) is 7.24. The maximum absolute atomic E-state index is 11.6. The van der Waals surface area contributed by atoms with Crippen LogP contribution in [0.4, 0.5) is 0 Å². The summed E-state index contributed by atoms with van der Waals surface area (Å²) in [6, 6.07) is -0.00766. The number of rotatable bonds is 6. The monoisotopic (exact) mass is 214 g/mol. The number of hydrogen-bond acceptors (Lipinski definition) is 3. The van der Waals surface area contributed by atoms with E-state index in [9.17, 15) is 4.79 Å². The molecule has 0 aliphatic heterocycles. The van der Waals surface area contributed by atoms with Gasteiger partial charge in [0.1, 0.15) is 0 Å². The molecule has 0 aromatic carbocycles. The highest BCUT2D eigenvalue weighted by molar-refractivity contribution is 5.81. The number of nitrogens with one attached hydrogen (secondary N) is 1. The minimum Gasteiger partial charge on any atom is -0.385 e. The van der Waals surface area contributed by atoms with Crippen LogP contribution in [0.2, 0.25) is 0 Å². The zero-order valence-corrected chi connectivity index (χ0v) is 9.50. The van der Waals surface area contributed by atoms with Crippen LogP contribution in [0.3, 0.4) is 0 Å². The third-order valence-electron chi connectivity index (χ3n) is 2.90. The standard InChI is InChI=1S/C11H22N2O2/c1-15-8-4-7-10(12)11(14)13-9-5-2-3-6-9/h9-10H,2-8,12H2,1H3,(H,13,14). The van der Waals surface area contributed by atoms with Crippen molar-refractivity contribution in [2.45, 2.75) is 50.6 Å². The normalized spacial score (nSPS) is 19.1. The van der Waals surface area contributed by atoms with Crippen molar-refractivity contribution in [3.8, 4) is 0 Å². The predicted molar refractivity (Wildman–Crippen MR) is 59.5 cm³/mol. The first-order valence-corrected chi connectivity index (χ1v) is 5.79. The number of carbonyl (C=O) groups excluding carboxylic acids is 1. The molecule has 1 atom stereocenters. The van der Waals surface area contributed by atoms with E-state index in [4.69, 9.17) is 10.5 Å². The lowest BCUT2D eigenvalue weighted by Gasteiger charge is -2.16. The van der Waals surface area contributed by atoms with Gasteiger partial charge in [-0.3, -0.25) is 4.79 Å². The highest BCUT2D eigenvalue weighted by atomic mass is 16.5. The largest absolute Gasteiger partial charge is 0.385 e. The van der Waals surface area contributed by atoms with E-state index >= 15 is 0 Å². The second kappa shape index (κ2) is 6.80. The molecule has 15 heavy (non-hydrogen) atoms. The second-order valence-electron chi connectivity index (χ2n) is 4.23. The molecule has 0 bridgehead atoms. The molecule has 0 spiro atoms. The Bertz CT molecular complexity index is 191. The van der Waals surface area contributed by atoms with E-state index in [2.05, 4.69) is 5.32 Å². The van der Waals surface area contributed by atoms with Crippen LogP contribution in [-0.4, -0.2) is 31.7 Å². The zero-order valence-electron chi connectivity index (χ0n) is 9.50. The lowest BCUT2D eigenvalue weighted by Crippen LogP contribution is -2.44. The van der Waals surface area contributed by atoms with Gasteiger partial charge in [-0.25, -0.2) is 0 Å². The van der Waals surface area contributed by atoms with Crippen molar-refractivity contribution < 1.29 is 9.53 Å². The molecule has 3 N–H and O–H groups in total. The summed E-state index contributed by atoms with van der Waals surface area (Å²) in [5, 5.41) is 3.00. The molecule has 1 unspecified atom stereocenters. The molecule has 1 saturated carbocycles. The van der Waals surface area contributed by atoms with Crippen molar-refractivity contribution in [1.82, 2.24) is 5.32 Å². The van der Waals surface area contributed by atoms with Crippen molar-refractivity contribution in [3.63, 3.8) is 0 Å². The Morgan fingerprint density at radius 3 is 2.80 bits per heavy atom. The third-order valence-corrected chi connectivity index (χ3v) is 2.90. The van der Waals surface area contributed by atoms with Crippen LogP contribution < -0.4 is 11.1 Å². The van der Waals surface area contributed by atoms with E-state index in [1.807, 2.05) is 0 Å². The summed E-state index contributed by atoms with van der Waals surface area (Å²) < 4.78 is 4.92. The number of methoxy groups -OCH3 is 1. The Kier molecular flexibility index (Phi) is 5.65. The van der Waals surface area contributed by atoms with Crippen LogP contribution in [0, 0.1) is 0 Å². The number of nitrogens with two attached hydrogens (primary N) is 1. The van der Waals surface area contributed by atoms with Crippen LogP contribution >= 0.6 is 0 Å². The lowest BCUT2D eigenvalue weighted by molar-refractivity contribution is -0.123. The van der Waals surface area contributed by atoms with E-state index in [1.54, 1.807) is 7.11 Å². The van der Waals surface area contributed by atoms with Crippen LogP contribution in [0.5, 0.6) is 0 Å². The molecular formula is C11H22N2O2. The Hall–Kier alpha value is -0.610. The maximum atomic E-state index is 11.6.